The number of benzene rings is 1. The average Bonchev–Trinajstić information content (AvgIpc) is 3.02. The number of thiazole rings is 1. The first-order chi connectivity index (χ1) is 9.81. The van der Waals surface area contributed by atoms with E-state index < -0.39 is 0 Å². The van der Waals surface area contributed by atoms with Gasteiger partial charge >= 0.3 is 0 Å². The van der Waals surface area contributed by atoms with Gasteiger partial charge in [0.2, 0.25) is 0 Å². The van der Waals surface area contributed by atoms with Gasteiger partial charge in [-0.25, -0.2) is 4.98 Å². The highest BCUT2D eigenvalue weighted by Gasteiger charge is 2.11. The first-order valence-electron chi connectivity index (χ1n) is 7.24. The number of nitrogens with zero attached hydrogens (tertiary/aromatic N) is 1. The van der Waals surface area contributed by atoms with Crippen LogP contribution in [-0.2, 0) is 0 Å². The highest BCUT2D eigenvalue weighted by Crippen LogP contribution is 2.19. The number of hydrogen-bond donors (Lipinski definition) is 2. The zero-order valence-electron chi connectivity index (χ0n) is 12.0. The van der Waals surface area contributed by atoms with Crippen molar-refractivity contribution in [2.24, 2.45) is 5.73 Å². The fourth-order valence-electron chi connectivity index (χ4n) is 2.28. The summed E-state index contributed by atoms with van der Waals surface area (Å²) >= 11 is 1.72. The molecule has 2 aromatic rings. The van der Waals surface area contributed by atoms with Gasteiger partial charge in [-0.3, -0.25) is 0 Å². The Balaban J connectivity index is 1.71. The Morgan fingerprint density at radius 1 is 1.30 bits per heavy atom. The van der Waals surface area contributed by atoms with Crippen molar-refractivity contribution >= 4 is 11.3 Å². The Labute approximate surface area is 125 Å². The molecular weight excluding hydrogens is 266 g/mol. The van der Waals surface area contributed by atoms with Gasteiger partial charge in [0.25, 0.3) is 0 Å². The molecule has 0 aliphatic carbocycles. The van der Waals surface area contributed by atoms with Crippen molar-refractivity contribution in [1.29, 1.82) is 0 Å². The van der Waals surface area contributed by atoms with Gasteiger partial charge in [-0.05, 0) is 31.4 Å². The van der Waals surface area contributed by atoms with Crippen LogP contribution in [0.5, 0.6) is 0 Å². The van der Waals surface area contributed by atoms with Gasteiger partial charge in [0.15, 0.2) is 0 Å². The predicted octanol–water partition coefficient (Wildman–Crippen LogP) is 3.66. The highest BCUT2D eigenvalue weighted by atomic mass is 32.1. The van der Waals surface area contributed by atoms with Crippen LogP contribution in [0.2, 0.25) is 0 Å². The van der Waals surface area contributed by atoms with Crippen molar-refractivity contribution in [1.82, 2.24) is 10.3 Å². The SMILES string of the molecule is CCC(NCCCC(N)c1ccccc1)c1nccs1. The molecule has 0 aliphatic rings. The summed E-state index contributed by atoms with van der Waals surface area (Å²) in [7, 11) is 0. The molecule has 1 heterocycles. The predicted molar refractivity (Wildman–Crippen MR) is 85.8 cm³/mol. The molecular formula is C16H23N3S. The van der Waals surface area contributed by atoms with E-state index in [-0.39, 0.29) is 6.04 Å². The minimum Gasteiger partial charge on any atom is -0.324 e. The second-order valence-electron chi connectivity index (χ2n) is 4.94. The Morgan fingerprint density at radius 3 is 2.75 bits per heavy atom. The van der Waals surface area contributed by atoms with E-state index in [9.17, 15) is 0 Å². The third kappa shape index (κ3) is 4.40. The summed E-state index contributed by atoms with van der Waals surface area (Å²) in [5.74, 6) is 0. The van der Waals surface area contributed by atoms with E-state index in [1.165, 1.54) is 10.6 Å². The van der Waals surface area contributed by atoms with E-state index in [0.717, 1.165) is 25.8 Å². The Kier molecular flexibility index (Phi) is 6.18. The molecule has 3 N–H and O–H groups in total. The fourth-order valence-corrected chi connectivity index (χ4v) is 3.08. The quantitative estimate of drug-likeness (QED) is 0.729. The zero-order valence-corrected chi connectivity index (χ0v) is 12.8. The molecule has 20 heavy (non-hydrogen) atoms. The smallest absolute Gasteiger partial charge is 0.109 e. The summed E-state index contributed by atoms with van der Waals surface area (Å²) < 4.78 is 0. The van der Waals surface area contributed by atoms with Crippen molar-refractivity contribution in [3.8, 4) is 0 Å². The number of nitrogens with one attached hydrogen (secondary N) is 1. The molecule has 3 nitrogen and oxygen atoms in total. The monoisotopic (exact) mass is 289 g/mol. The molecule has 0 saturated carbocycles. The van der Waals surface area contributed by atoms with Gasteiger partial charge in [0.05, 0.1) is 6.04 Å². The summed E-state index contributed by atoms with van der Waals surface area (Å²) in [6.07, 6.45) is 5.02. The summed E-state index contributed by atoms with van der Waals surface area (Å²) in [4.78, 5) is 4.38. The second kappa shape index (κ2) is 8.15. The molecule has 0 saturated heterocycles. The largest absolute Gasteiger partial charge is 0.324 e. The second-order valence-corrected chi connectivity index (χ2v) is 5.87. The van der Waals surface area contributed by atoms with Crippen molar-refractivity contribution < 1.29 is 0 Å². The van der Waals surface area contributed by atoms with E-state index in [2.05, 4.69) is 29.4 Å². The molecule has 0 spiro atoms. The van der Waals surface area contributed by atoms with Crippen molar-refractivity contribution in [3.05, 3.63) is 52.5 Å². The molecule has 2 atom stereocenters. The Hall–Kier alpha value is -1.23. The van der Waals surface area contributed by atoms with Crippen LogP contribution >= 0.6 is 11.3 Å². The maximum Gasteiger partial charge on any atom is 0.109 e. The number of nitrogens with two attached hydrogens (primary N) is 1. The van der Waals surface area contributed by atoms with E-state index in [4.69, 9.17) is 5.73 Å². The van der Waals surface area contributed by atoms with Gasteiger partial charge in [0, 0.05) is 17.6 Å². The van der Waals surface area contributed by atoms with Gasteiger partial charge in [-0.2, -0.15) is 0 Å². The number of rotatable bonds is 8. The summed E-state index contributed by atoms with van der Waals surface area (Å²) in [6.45, 7) is 3.17. The van der Waals surface area contributed by atoms with Gasteiger partial charge in [0.1, 0.15) is 5.01 Å². The maximum absolute atomic E-state index is 6.20. The molecule has 0 amide bonds. The van der Waals surface area contributed by atoms with Crippen molar-refractivity contribution in [2.75, 3.05) is 6.54 Å². The molecule has 108 valence electrons. The zero-order chi connectivity index (χ0) is 14.2. The van der Waals surface area contributed by atoms with E-state index >= 15 is 0 Å². The number of hydrogen-bond acceptors (Lipinski definition) is 4. The maximum atomic E-state index is 6.20. The van der Waals surface area contributed by atoms with Gasteiger partial charge in [-0.1, -0.05) is 37.3 Å². The molecule has 2 unspecified atom stereocenters. The van der Waals surface area contributed by atoms with Crippen LogP contribution in [0, 0.1) is 0 Å². The van der Waals surface area contributed by atoms with E-state index in [0.29, 0.717) is 6.04 Å². The van der Waals surface area contributed by atoms with E-state index in [1.807, 2.05) is 29.8 Å². The van der Waals surface area contributed by atoms with Crippen LogP contribution in [0.1, 0.15) is 48.8 Å². The first kappa shape index (κ1) is 15.2. The molecule has 0 aliphatic heterocycles. The highest BCUT2D eigenvalue weighted by molar-refractivity contribution is 7.09. The number of aromatic nitrogens is 1. The molecule has 1 aromatic carbocycles. The van der Waals surface area contributed by atoms with Gasteiger partial charge < -0.3 is 11.1 Å². The average molecular weight is 289 g/mol. The standard InChI is InChI=1S/C16H23N3S/c1-2-15(16-19-11-12-20-16)18-10-6-9-14(17)13-7-4-3-5-8-13/h3-5,7-8,11-12,14-15,18H,2,6,9-10,17H2,1H3. The third-order valence-electron chi connectivity index (χ3n) is 3.47. The normalized spacial score (nSPS) is 14.1. The lowest BCUT2D eigenvalue weighted by Gasteiger charge is -2.16. The fraction of sp³-hybridized carbons (Fsp3) is 0.438. The van der Waals surface area contributed by atoms with Crippen LogP contribution in [0.15, 0.2) is 41.9 Å². The van der Waals surface area contributed by atoms with Crippen molar-refractivity contribution in [3.63, 3.8) is 0 Å². The molecule has 0 radical (unpaired) electrons. The molecule has 1 aromatic heterocycles. The van der Waals surface area contributed by atoms with Crippen LogP contribution in [-0.4, -0.2) is 11.5 Å². The van der Waals surface area contributed by atoms with Crippen LogP contribution < -0.4 is 11.1 Å². The lowest BCUT2D eigenvalue weighted by atomic mass is 10.0. The van der Waals surface area contributed by atoms with Gasteiger partial charge in [-0.15, -0.1) is 11.3 Å². The summed E-state index contributed by atoms with van der Waals surface area (Å²) in [5.41, 5.74) is 7.42. The topological polar surface area (TPSA) is 50.9 Å². The first-order valence-corrected chi connectivity index (χ1v) is 8.12. The molecule has 4 heteroatoms. The Morgan fingerprint density at radius 2 is 2.10 bits per heavy atom. The van der Waals surface area contributed by atoms with Crippen LogP contribution in [0.3, 0.4) is 0 Å². The van der Waals surface area contributed by atoms with Crippen LogP contribution in [0.25, 0.3) is 0 Å². The van der Waals surface area contributed by atoms with E-state index in [1.54, 1.807) is 11.3 Å². The lowest BCUT2D eigenvalue weighted by Crippen LogP contribution is -2.23. The lowest BCUT2D eigenvalue weighted by molar-refractivity contribution is 0.487. The van der Waals surface area contributed by atoms with Crippen molar-refractivity contribution in [2.45, 2.75) is 38.3 Å². The third-order valence-corrected chi connectivity index (χ3v) is 4.36. The molecule has 0 bridgehead atoms. The summed E-state index contributed by atoms with van der Waals surface area (Å²) in [5, 5.41) is 6.78. The molecule has 2 rings (SSSR count). The molecule has 0 fully saturated rings. The Bertz CT molecular complexity index is 470. The minimum atomic E-state index is 0.137. The van der Waals surface area contributed by atoms with Crippen LogP contribution in [0.4, 0.5) is 0 Å². The summed E-state index contributed by atoms with van der Waals surface area (Å²) in [6, 6.07) is 10.8. The minimum absolute atomic E-state index is 0.137.